The van der Waals surface area contributed by atoms with E-state index in [0.717, 1.165) is 32.0 Å². The molecule has 142 valence electrons. The molecule has 0 spiro atoms. The lowest BCUT2D eigenvalue weighted by atomic mass is 9.89. The number of benzene rings is 3. The Morgan fingerprint density at radius 3 is 2.39 bits per heavy atom. The van der Waals surface area contributed by atoms with Crippen LogP contribution in [0, 0.1) is 17.2 Å². The third-order valence-corrected chi connectivity index (χ3v) is 6.16. The van der Waals surface area contributed by atoms with Crippen molar-refractivity contribution in [2.24, 2.45) is 5.92 Å². The lowest BCUT2D eigenvalue weighted by molar-refractivity contribution is 0.181. The summed E-state index contributed by atoms with van der Waals surface area (Å²) < 4.78 is 0. The minimum absolute atomic E-state index is 0.0341. The van der Waals surface area contributed by atoms with E-state index in [1.165, 1.54) is 41.2 Å². The van der Waals surface area contributed by atoms with Crippen LogP contribution in [0.4, 0.5) is 0 Å². The Balaban J connectivity index is 1.32. The van der Waals surface area contributed by atoms with E-state index in [-0.39, 0.29) is 5.92 Å². The summed E-state index contributed by atoms with van der Waals surface area (Å²) in [6.45, 7) is 3.33. The van der Waals surface area contributed by atoms with Crippen LogP contribution in [-0.4, -0.2) is 24.5 Å². The maximum absolute atomic E-state index is 9.81. The van der Waals surface area contributed by atoms with Crippen LogP contribution in [0.5, 0.6) is 0 Å². The summed E-state index contributed by atoms with van der Waals surface area (Å²) in [5.41, 5.74) is 2.64. The van der Waals surface area contributed by atoms with Gasteiger partial charge in [-0.1, -0.05) is 72.8 Å². The smallest absolute Gasteiger partial charge is 0.0730 e. The second-order valence-electron chi connectivity index (χ2n) is 8.01. The molecule has 0 saturated carbocycles. The van der Waals surface area contributed by atoms with Crippen LogP contribution < -0.4 is 0 Å². The van der Waals surface area contributed by atoms with Crippen LogP contribution in [-0.2, 0) is 6.42 Å². The molecule has 1 fully saturated rings. The summed E-state index contributed by atoms with van der Waals surface area (Å²) in [6.07, 6.45) is 4.64. The molecule has 2 nitrogen and oxygen atoms in total. The first-order valence-electron chi connectivity index (χ1n) is 10.5. The molecule has 3 aromatic carbocycles. The molecule has 0 amide bonds. The minimum atomic E-state index is -0.0341. The molecule has 2 heteroatoms. The van der Waals surface area contributed by atoms with E-state index < -0.39 is 0 Å². The fourth-order valence-electron chi connectivity index (χ4n) is 4.52. The summed E-state index contributed by atoms with van der Waals surface area (Å²) in [7, 11) is 0. The van der Waals surface area contributed by atoms with Gasteiger partial charge in [0, 0.05) is 0 Å². The van der Waals surface area contributed by atoms with Crippen molar-refractivity contribution in [3.63, 3.8) is 0 Å². The van der Waals surface area contributed by atoms with Crippen LogP contribution in [0.1, 0.15) is 36.3 Å². The molecule has 1 atom stereocenters. The van der Waals surface area contributed by atoms with E-state index in [4.69, 9.17) is 0 Å². The average Bonchev–Trinajstić information content (AvgIpc) is 2.76. The lowest BCUT2D eigenvalue weighted by Gasteiger charge is -2.32. The molecular weight excluding hydrogens is 340 g/mol. The van der Waals surface area contributed by atoms with E-state index in [9.17, 15) is 5.26 Å². The van der Waals surface area contributed by atoms with Gasteiger partial charge in [-0.3, -0.25) is 0 Å². The zero-order valence-corrected chi connectivity index (χ0v) is 16.4. The molecule has 1 aliphatic rings. The van der Waals surface area contributed by atoms with Gasteiger partial charge in [-0.15, -0.1) is 0 Å². The zero-order chi connectivity index (χ0) is 19.2. The summed E-state index contributed by atoms with van der Waals surface area (Å²) in [6, 6.07) is 28.2. The molecule has 28 heavy (non-hydrogen) atoms. The van der Waals surface area contributed by atoms with Crippen molar-refractivity contribution in [3.05, 3.63) is 83.9 Å². The number of likely N-dealkylation sites (tertiary alicyclic amines) is 1. The van der Waals surface area contributed by atoms with Crippen molar-refractivity contribution >= 4 is 10.8 Å². The fraction of sp³-hybridized carbons (Fsp3) is 0.346. The van der Waals surface area contributed by atoms with E-state index in [0.29, 0.717) is 0 Å². The van der Waals surface area contributed by atoms with E-state index in [1.54, 1.807) is 0 Å². The van der Waals surface area contributed by atoms with Crippen molar-refractivity contribution in [2.75, 3.05) is 19.6 Å². The zero-order valence-electron chi connectivity index (χ0n) is 16.4. The quantitative estimate of drug-likeness (QED) is 0.550. The number of hydrogen-bond donors (Lipinski definition) is 0. The summed E-state index contributed by atoms with van der Waals surface area (Å²) in [5, 5.41) is 12.3. The lowest BCUT2D eigenvalue weighted by Crippen LogP contribution is -2.35. The molecule has 1 unspecified atom stereocenters. The standard InChI is InChI=1S/C26H28N2/c27-20-24(26-12-6-10-23-9-4-5-11-25(23)26)15-18-28-16-13-22(14-17-28)19-21-7-2-1-3-8-21/h1-12,22,24H,13-19H2. The maximum atomic E-state index is 9.81. The van der Waals surface area contributed by atoms with Crippen molar-refractivity contribution in [2.45, 2.75) is 31.6 Å². The number of fused-ring (bicyclic) bond motifs is 1. The average molecular weight is 369 g/mol. The number of nitriles is 1. The predicted octanol–water partition coefficient (Wildman–Crippen LogP) is 5.79. The summed E-state index contributed by atoms with van der Waals surface area (Å²) in [5.74, 6) is 0.761. The third kappa shape index (κ3) is 4.43. The van der Waals surface area contributed by atoms with Gasteiger partial charge in [0.2, 0.25) is 0 Å². The van der Waals surface area contributed by atoms with Crippen molar-refractivity contribution in [1.82, 2.24) is 4.90 Å². The topological polar surface area (TPSA) is 27.0 Å². The molecule has 3 aromatic rings. The number of piperidine rings is 1. The monoisotopic (exact) mass is 368 g/mol. The molecule has 0 aliphatic carbocycles. The largest absolute Gasteiger partial charge is 0.303 e. The normalized spacial score (nSPS) is 16.7. The van der Waals surface area contributed by atoms with Gasteiger partial charge in [0.25, 0.3) is 0 Å². The van der Waals surface area contributed by atoms with Gasteiger partial charge in [0.15, 0.2) is 0 Å². The molecule has 1 saturated heterocycles. The predicted molar refractivity (Wildman–Crippen MR) is 116 cm³/mol. The van der Waals surface area contributed by atoms with Crippen LogP contribution in [0.25, 0.3) is 10.8 Å². The van der Waals surface area contributed by atoms with E-state index >= 15 is 0 Å². The van der Waals surface area contributed by atoms with Gasteiger partial charge in [0.1, 0.15) is 0 Å². The second-order valence-corrected chi connectivity index (χ2v) is 8.01. The fourth-order valence-corrected chi connectivity index (χ4v) is 4.52. The van der Waals surface area contributed by atoms with Crippen molar-refractivity contribution in [1.29, 1.82) is 5.26 Å². The van der Waals surface area contributed by atoms with Gasteiger partial charge in [-0.2, -0.15) is 5.26 Å². The first-order valence-corrected chi connectivity index (χ1v) is 10.5. The van der Waals surface area contributed by atoms with E-state index in [2.05, 4.69) is 83.8 Å². The van der Waals surface area contributed by atoms with Crippen LogP contribution >= 0.6 is 0 Å². The van der Waals surface area contributed by atoms with Gasteiger partial charge in [-0.05, 0) is 73.1 Å². The Morgan fingerprint density at radius 2 is 1.61 bits per heavy atom. The molecule has 1 aliphatic heterocycles. The van der Waals surface area contributed by atoms with Gasteiger partial charge < -0.3 is 4.90 Å². The Hall–Kier alpha value is -2.63. The summed E-state index contributed by atoms with van der Waals surface area (Å²) >= 11 is 0. The molecule has 0 bridgehead atoms. The Labute approximate surface area is 168 Å². The SMILES string of the molecule is N#CC(CCN1CCC(Cc2ccccc2)CC1)c1cccc2ccccc12. The maximum Gasteiger partial charge on any atom is 0.0730 e. The number of rotatable bonds is 6. The van der Waals surface area contributed by atoms with Gasteiger partial charge in [0.05, 0.1) is 12.0 Å². The van der Waals surface area contributed by atoms with Crippen LogP contribution in [0.3, 0.4) is 0 Å². The highest BCUT2D eigenvalue weighted by molar-refractivity contribution is 5.86. The molecule has 0 aromatic heterocycles. The molecule has 1 heterocycles. The first-order chi connectivity index (χ1) is 13.8. The number of hydrogen-bond acceptors (Lipinski definition) is 2. The first kappa shape index (κ1) is 18.7. The van der Waals surface area contributed by atoms with Crippen LogP contribution in [0.2, 0.25) is 0 Å². The minimum Gasteiger partial charge on any atom is -0.303 e. The molecule has 0 N–H and O–H groups in total. The van der Waals surface area contributed by atoms with Crippen molar-refractivity contribution < 1.29 is 0 Å². The van der Waals surface area contributed by atoms with Gasteiger partial charge in [-0.25, -0.2) is 0 Å². The van der Waals surface area contributed by atoms with Gasteiger partial charge >= 0.3 is 0 Å². The van der Waals surface area contributed by atoms with E-state index in [1.807, 2.05) is 0 Å². The highest BCUT2D eigenvalue weighted by Crippen LogP contribution is 2.29. The number of nitrogens with zero attached hydrogens (tertiary/aromatic N) is 2. The molecular formula is C26H28N2. The summed E-state index contributed by atoms with van der Waals surface area (Å²) in [4.78, 5) is 2.55. The second kappa shape index (κ2) is 9.04. The third-order valence-electron chi connectivity index (χ3n) is 6.16. The highest BCUT2D eigenvalue weighted by atomic mass is 15.1. The van der Waals surface area contributed by atoms with Crippen LogP contribution in [0.15, 0.2) is 72.8 Å². The Kier molecular flexibility index (Phi) is 6.04. The highest BCUT2D eigenvalue weighted by Gasteiger charge is 2.21. The van der Waals surface area contributed by atoms with Crippen molar-refractivity contribution in [3.8, 4) is 6.07 Å². The molecule has 4 rings (SSSR count). The Morgan fingerprint density at radius 1 is 0.893 bits per heavy atom. The Bertz CT molecular complexity index is 928. The molecule has 0 radical (unpaired) electrons.